The van der Waals surface area contributed by atoms with E-state index in [1.807, 2.05) is 11.0 Å². The van der Waals surface area contributed by atoms with E-state index in [2.05, 4.69) is 4.74 Å². The molecule has 2 rings (SSSR count). The summed E-state index contributed by atoms with van der Waals surface area (Å²) in [6.07, 6.45) is -3.79. The second kappa shape index (κ2) is 4.44. The second-order valence-electron chi connectivity index (χ2n) is 3.88. The molecule has 2 N–H and O–H groups in total. The fourth-order valence-corrected chi connectivity index (χ4v) is 2.03. The van der Waals surface area contributed by atoms with Crippen LogP contribution in [0, 0.1) is 0 Å². The van der Waals surface area contributed by atoms with Crippen molar-refractivity contribution in [1.29, 1.82) is 0 Å². The van der Waals surface area contributed by atoms with Crippen LogP contribution in [0.3, 0.4) is 0 Å². The van der Waals surface area contributed by atoms with E-state index in [9.17, 15) is 13.2 Å². The molecule has 0 bridgehead atoms. The molecule has 1 aromatic rings. The number of halogens is 3. The van der Waals surface area contributed by atoms with Crippen molar-refractivity contribution >= 4 is 11.4 Å². The van der Waals surface area contributed by atoms with Crippen LogP contribution >= 0.6 is 0 Å². The van der Waals surface area contributed by atoms with Crippen molar-refractivity contribution in [2.24, 2.45) is 0 Å². The Morgan fingerprint density at radius 3 is 2.82 bits per heavy atom. The minimum atomic E-state index is -4.56. The molecule has 1 aliphatic heterocycles. The minimum Gasteiger partial charge on any atom is -0.398 e. The van der Waals surface area contributed by atoms with Gasteiger partial charge in [-0.25, -0.2) is 0 Å². The number of nitrogens with zero attached hydrogens (tertiary/aromatic N) is 1. The van der Waals surface area contributed by atoms with E-state index in [0.29, 0.717) is 12.2 Å². The highest BCUT2D eigenvalue weighted by molar-refractivity contribution is 5.68. The Bertz CT molecular complexity index is 406. The zero-order chi connectivity index (χ0) is 12.5. The molecule has 1 heterocycles. The lowest BCUT2D eigenvalue weighted by atomic mass is 10.1. The van der Waals surface area contributed by atoms with Crippen molar-refractivity contribution in [3.8, 4) is 0 Å². The summed E-state index contributed by atoms with van der Waals surface area (Å²) in [5.41, 5.74) is 8.42. The molecule has 0 fully saturated rings. The lowest BCUT2D eigenvalue weighted by Crippen LogP contribution is -2.28. The maximum atomic E-state index is 11.8. The van der Waals surface area contributed by atoms with Gasteiger partial charge in [-0.3, -0.25) is 4.74 Å². The van der Waals surface area contributed by atoms with Crippen LogP contribution in [-0.2, 0) is 11.2 Å². The van der Waals surface area contributed by atoms with Crippen LogP contribution < -0.4 is 10.6 Å². The number of rotatable bonds is 3. The molecule has 0 spiro atoms. The van der Waals surface area contributed by atoms with E-state index in [1.54, 1.807) is 12.1 Å². The standard InChI is InChI=1S/C11H13F3N2O/c12-11(13,14)17-7-6-16-5-4-8-9(15)2-1-3-10(8)16/h1-3H,4-7,15H2. The summed E-state index contributed by atoms with van der Waals surface area (Å²) in [5, 5.41) is 0. The number of hydrogen-bond acceptors (Lipinski definition) is 3. The number of fused-ring (bicyclic) bond motifs is 1. The van der Waals surface area contributed by atoms with Gasteiger partial charge in [-0.15, -0.1) is 13.2 Å². The molecule has 0 aromatic heterocycles. The molecule has 1 aliphatic rings. The van der Waals surface area contributed by atoms with Gasteiger partial charge >= 0.3 is 6.36 Å². The summed E-state index contributed by atoms with van der Waals surface area (Å²) in [5.74, 6) is 0. The van der Waals surface area contributed by atoms with Crippen LogP contribution in [-0.4, -0.2) is 26.1 Å². The zero-order valence-corrected chi connectivity index (χ0v) is 9.13. The first-order valence-corrected chi connectivity index (χ1v) is 5.30. The number of alkyl halides is 3. The summed E-state index contributed by atoms with van der Waals surface area (Å²) in [4.78, 5) is 1.86. The van der Waals surface area contributed by atoms with Crippen LogP contribution in [0.5, 0.6) is 0 Å². The molecular weight excluding hydrogens is 233 g/mol. The van der Waals surface area contributed by atoms with Gasteiger partial charge in [0.05, 0.1) is 6.61 Å². The Morgan fingerprint density at radius 1 is 1.35 bits per heavy atom. The quantitative estimate of drug-likeness (QED) is 0.831. The molecule has 0 saturated heterocycles. The van der Waals surface area contributed by atoms with E-state index in [-0.39, 0.29) is 13.2 Å². The van der Waals surface area contributed by atoms with Crippen LogP contribution in [0.15, 0.2) is 18.2 Å². The summed E-state index contributed by atoms with van der Waals surface area (Å²) >= 11 is 0. The molecular formula is C11H13F3N2O. The highest BCUT2D eigenvalue weighted by Crippen LogP contribution is 2.31. The third-order valence-electron chi connectivity index (χ3n) is 2.79. The van der Waals surface area contributed by atoms with Crippen molar-refractivity contribution < 1.29 is 17.9 Å². The topological polar surface area (TPSA) is 38.5 Å². The van der Waals surface area contributed by atoms with Gasteiger partial charge in [0, 0.05) is 30.0 Å². The van der Waals surface area contributed by atoms with Crippen molar-refractivity contribution in [1.82, 2.24) is 0 Å². The average molecular weight is 246 g/mol. The van der Waals surface area contributed by atoms with Gasteiger partial charge in [-0.2, -0.15) is 0 Å². The molecule has 0 saturated carbocycles. The van der Waals surface area contributed by atoms with Crippen LogP contribution in [0.1, 0.15) is 5.56 Å². The van der Waals surface area contributed by atoms with Gasteiger partial charge in [0.15, 0.2) is 0 Å². The van der Waals surface area contributed by atoms with Crippen molar-refractivity contribution in [3.63, 3.8) is 0 Å². The van der Waals surface area contributed by atoms with Gasteiger partial charge in [0.25, 0.3) is 0 Å². The zero-order valence-electron chi connectivity index (χ0n) is 9.13. The molecule has 0 unspecified atom stereocenters. The van der Waals surface area contributed by atoms with Gasteiger partial charge in [0.2, 0.25) is 0 Å². The van der Waals surface area contributed by atoms with E-state index in [0.717, 1.165) is 17.7 Å². The maximum Gasteiger partial charge on any atom is 0.522 e. The van der Waals surface area contributed by atoms with Gasteiger partial charge in [0.1, 0.15) is 0 Å². The Labute approximate surface area is 97.0 Å². The van der Waals surface area contributed by atoms with Gasteiger partial charge < -0.3 is 10.6 Å². The third kappa shape index (κ3) is 2.82. The van der Waals surface area contributed by atoms with Crippen LogP contribution in [0.4, 0.5) is 24.5 Å². The molecule has 0 radical (unpaired) electrons. The van der Waals surface area contributed by atoms with Crippen molar-refractivity contribution in [2.75, 3.05) is 30.3 Å². The number of nitrogens with two attached hydrogens (primary N) is 1. The van der Waals surface area contributed by atoms with E-state index in [1.165, 1.54) is 0 Å². The summed E-state index contributed by atoms with van der Waals surface area (Å²) in [6.45, 7) is 0.540. The molecule has 94 valence electrons. The Morgan fingerprint density at radius 2 is 2.12 bits per heavy atom. The molecule has 0 amide bonds. The lowest BCUT2D eigenvalue weighted by Gasteiger charge is -2.19. The fourth-order valence-electron chi connectivity index (χ4n) is 2.03. The summed E-state index contributed by atoms with van der Waals surface area (Å²) in [6, 6.07) is 5.47. The smallest absolute Gasteiger partial charge is 0.398 e. The Balaban J connectivity index is 1.96. The monoisotopic (exact) mass is 246 g/mol. The number of nitrogen functional groups attached to an aromatic ring is 1. The number of benzene rings is 1. The van der Waals surface area contributed by atoms with Gasteiger partial charge in [-0.1, -0.05) is 6.07 Å². The highest BCUT2D eigenvalue weighted by atomic mass is 19.4. The number of hydrogen-bond donors (Lipinski definition) is 1. The van der Waals surface area contributed by atoms with Gasteiger partial charge in [-0.05, 0) is 18.6 Å². The van der Waals surface area contributed by atoms with E-state index in [4.69, 9.17) is 5.73 Å². The fraction of sp³-hybridized carbons (Fsp3) is 0.455. The first-order chi connectivity index (χ1) is 7.97. The third-order valence-corrected chi connectivity index (χ3v) is 2.79. The predicted octanol–water partition coefficient (Wildman–Crippen LogP) is 2.17. The number of anilines is 2. The first-order valence-electron chi connectivity index (χ1n) is 5.30. The Kier molecular flexibility index (Phi) is 3.15. The first kappa shape index (κ1) is 12.0. The van der Waals surface area contributed by atoms with Crippen LogP contribution in [0.25, 0.3) is 0 Å². The number of ether oxygens (including phenoxy) is 1. The largest absolute Gasteiger partial charge is 0.522 e. The van der Waals surface area contributed by atoms with Crippen molar-refractivity contribution in [3.05, 3.63) is 23.8 Å². The SMILES string of the molecule is Nc1cccc2c1CCN2CCOC(F)(F)F. The Hall–Kier alpha value is -1.43. The molecule has 0 aliphatic carbocycles. The van der Waals surface area contributed by atoms with Crippen LogP contribution in [0.2, 0.25) is 0 Å². The molecule has 1 aromatic carbocycles. The predicted molar refractivity (Wildman–Crippen MR) is 58.8 cm³/mol. The normalized spacial score (nSPS) is 15.1. The lowest BCUT2D eigenvalue weighted by molar-refractivity contribution is -0.323. The maximum absolute atomic E-state index is 11.8. The molecule has 17 heavy (non-hydrogen) atoms. The van der Waals surface area contributed by atoms with E-state index >= 15 is 0 Å². The summed E-state index contributed by atoms with van der Waals surface area (Å²) in [7, 11) is 0. The summed E-state index contributed by atoms with van der Waals surface area (Å²) < 4.78 is 39.3. The highest BCUT2D eigenvalue weighted by Gasteiger charge is 2.29. The van der Waals surface area contributed by atoms with E-state index < -0.39 is 6.36 Å². The van der Waals surface area contributed by atoms with Crippen molar-refractivity contribution in [2.45, 2.75) is 12.8 Å². The minimum absolute atomic E-state index is 0.218. The second-order valence-corrected chi connectivity index (χ2v) is 3.88. The average Bonchev–Trinajstić information content (AvgIpc) is 2.61. The molecule has 0 atom stereocenters. The molecule has 6 heteroatoms. The molecule has 3 nitrogen and oxygen atoms in total.